The maximum absolute atomic E-state index is 10.8. The van der Waals surface area contributed by atoms with Crippen molar-refractivity contribution in [3.8, 4) is 11.3 Å². The SMILES string of the molecule is Cc1ccc(-c2nc3ccccn3c2/C=C\C(=O)O)cc1. The van der Waals surface area contributed by atoms with Gasteiger partial charge in [0, 0.05) is 17.8 Å². The third-order valence-electron chi connectivity index (χ3n) is 3.28. The van der Waals surface area contributed by atoms with Crippen molar-refractivity contribution in [2.75, 3.05) is 0 Å². The van der Waals surface area contributed by atoms with Gasteiger partial charge >= 0.3 is 5.97 Å². The Hall–Kier alpha value is -2.88. The van der Waals surface area contributed by atoms with E-state index in [0.717, 1.165) is 28.7 Å². The molecule has 0 aliphatic carbocycles. The molecule has 0 aliphatic heterocycles. The molecule has 1 aromatic carbocycles. The van der Waals surface area contributed by atoms with Crippen LogP contribution < -0.4 is 0 Å². The van der Waals surface area contributed by atoms with Crippen LogP contribution >= 0.6 is 0 Å². The highest BCUT2D eigenvalue weighted by molar-refractivity contribution is 5.87. The fourth-order valence-corrected chi connectivity index (χ4v) is 2.25. The molecule has 0 spiro atoms. The van der Waals surface area contributed by atoms with Gasteiger partial charge in [-0.1, -0.05) is 35.9 Å². The van der Waals surface area contributed by atoms with Gasteiger partial charge in [-0.25, -0.2) is 9.78 Å². The minimum absolute atomic E-state index is 0.761. The van der Waals surface area contributed by atoms with Crippen LogP contribution in [-0.2, 0) is 4.79 Å². The number of aryl methyl sites for hydroxylation is 1. The Kier molecular flexibility index (Phi) is 3.28. The first-order valence-electron chi connectivity index (χ1n) is 6.60. The number of rotatable bonds is 3. The van der Waals surface area contributed by atoms with Gasteiger partial charge in [-0.15, -0.1) is 0 Å². The number of fused-ring (bicyclic) bond motifs is 1. The normalized spacial score (nSPS) is 11.3. The second-order valence-corrected chi connectivity index (χ2v) is 4.81. The zero-order valence-corrected chi connectivity index (χ0v) is 11.5. The number of benzene rings is 1. The maximum atomic E-state index is 10.8. The molecule has 0 fully saturated rings. The van der Waals surface area contributed by atoms with Crippen LogP contribution in [0.2, 0.25) is 0 Å². The zero-order chi connectivity index (χ0) is 14.8. The number of pyridine rings is 1. The minimum atomic E-state index is -0.976. The summed E-state index contributed by atoms with van der Waals surface area (Å²) < 4.78 is 1.88. The summed E-state index contributed by atoms with van der Waals surface area (Å²) in [7, 11) is 0. The Morgan fingerprint density at radius 2 is 1.95 bits per heavy atom. The summed E-state index contributed by atoms with van der Waals surface area (Å²) in [5.41, 5.74) is 4.47. The number of carboxylic acids is 1. The van der Waals surface area contributed by atoms with E-state index in [1.54, 1.807) is 6.08 Å². The van der Waals surface area contributed by atoms with Gasteiger partial charge in [-0.05, 0) is 25.1 Å². The van der Waals surface area contributed by atoms with Gasteiger partial charge in [-0.2, -0.15) is 0 Å². The van der Waals surface area contributed by atoms with Crippen molar-refractivity contribution in [3.63, 3.8) is 0 Å². The molecule has 4 nitrogen and oxygen atoms in total. The van der Waals surface area contributed by atoms with Crippen LogP contribution in [0.25, 0.3) is 23.0 Å². The van der Waals surface area contributed by atoms with Crippen molar-refractivity contribution < 1.29 is 9.90 Å². The van der Waals surface area contributed by atoms with Gasteiger partial charge in [0.25, 0.3) is 0 Å². The second-order valence-electron chi connectivity index (χ2n) is 4.81. The highest BCUT2D eigenvalue weighted by atomic mass is 16.4. The predicted molar refractivity (Wildman–Crippen MR) is 82.0 cm³/mol. The largest absolute Gasteiger partial charge is 0.478 e. The quantitative estimate of drug-likeness (QED) is 0.747. The number of carbonyl (C=O) groups is 1. The minimum Gasteiger partial charge on any atom is -0.478 e. The molecule has 3 aromatic rings. The maximum Gasteiger partial charge on any atom is 0.328 e. The van der Waals surface area contributed by atoms with Crippen molar-refractivity contribution in [2.24, 2.45) is 0 Å². The number of aliphatic carboxylic acids is 1. The average Bonchev–Trinajstić information content (AvgIpc) is 2.84. The summed E-state index contributed by atoms with van der Waals surface area (Å²) in [6.07, 6.45) is 4.59. The predicted octanol–water partition coefficient (Wildman–Crippen LogP) is 3.41. The van der Waals surface area contributed by atoms with E-state index >= 15 is 0 Å². The Morgan fingerprint density at radius 1 is 1.19 bits per heavy atom. The van der Waals surface area contributed by atoms with Crippen LogP contribution in [0, 0.1) is 6.92 Å². The van der Waals surface area contributed by atoms with Crippen LogP contribution in [0.1, 0.15) is 11.3 Å². The van der Waals surface area contributed by atoms with Crippen LogP contribution in [0.15, 0.2) is 54.7 Å². The molecule has 2 aromatic heterocycles. The lowest BCUT2D eigenvalue weighted by Gasteiger charge is -2.01. The van der Waals surface area contributed by atoms with Gasteiger partial charge in [0.05, 0.1) is 11.4 Å². The van der Waals surface area contributed by atoms with E-state index in [2.05, 4.69) is 4.98 Å². The van der Waals surface area contributed by atoms with E-state index in [9.17, 15) is 4.79 Å². The molecule has 0 bridgehead atoms. The molecule has 0 unspecified atom stereocenters. The molecule has 4 heteroatoms. The monoisotopic (exact) mass is 278 g/mol. The Balaban J connectivity index is 2.23. The third kappa shape index (κ3) is 2.56. The lowest BCUT2D eigenvalue weighted by Crippen LogP contribution is -1.90. The molecule has 0 aliphatic rings. The summed E-state index contributed by atoms with van der Waals surface area (Å²) in [4.78, 5) is 15.4. The molecule has 104 valence electrons. The average molecular weight is 278 g/mol. The van der Waals surface area contributed by atoms with Crippen molar-refractivity contribution in [2.45, 2.75) is 6.92 Å². The second kappa shape index (κ2) is 5.25. The molecule has 0 amide bonds. The third-order valence-corrected chi connectivity index (χ3v) is 3.28. The number of aromatic nitrogens is 2. The van der Waals surface area contributed by atoms with Crippen LogP contribution in [-0.4, -0.2) is 20.5 Å². The fourth-order valence-electron chi connectivity index (χ4n) is 2.25. The Bertz CT molecular complexity index is 830. The number of hydrogen-bond acceptors (Lipinski definition) is 2. The van der Waals surface area contributed by atoms with Crippen molar-refractivity contribution in [1.82, 2.24) is 9.38 Å². The van der Waals surface area contributed by atoms with Gasteiger partial charge in [-0.3, -0.25) is 4.40 Å². The first-order chi connectivity index (χ1) is 10.1. The van der Waals surface area contributed by atoms with Crippen LogP contribution in [0.3, 0.4) is 0 Å². The van der Waals surface area contributed by atoms with E-state index in [0.29, 0.717) is 0 Å². The van der Waals surface area contributed by atoms with E-state index in [1.165, 1.54) is 5.56 Å². The molecule has 0 atom stereocenters. The van der Waals surface area contributed by atoms with E-state index in [1.807, 2.05) is 60.0 Å². The molecule has 0 radical (unpaired) electrons. The highest BCUT2D eigenvalue weighted by Crippen LogP contribution is 2.25. The first-order valence-corrected chi connectivity index (χ1v) is 6.60. The van der Waals surface area contributed by atoms with Crippen molar-refractivity contribution in [1.29, 1.82) is 0 Å². The molecular weight excluding hydrogens is 264 g/mol. The Morgan fingerprint density at radius 3 is 2.67 bits per heavy atom. The van der Waals surface area contributed by atoms with Crippen LogP contribution in [0.5, 0.6) is 0 Å². The molecule has 3 rings (SSSR count). The Labute approximate surface area is 122 Å². The smallest absolute Gasteiger partial charge is 0.328 e. The first kappa shape index (κ1) is 13.1. The van der Waals surface area contributed by atoms with Crippen LogP contribution in [0.4, 0.5) is 0 Å². The summed E-state index contributed by atoms with van der Waals surface area (Å²) in [6.45, 7) is 2.03. The van der Waals surface area contributed by atoms with Gasteiger partial charge in [0.2, 0.25) is 0 Å². The number of hydrogen-bond donors (Lipinski definition) is 1. The molecule has 0 saturated heterocycles. The molecular formula is C17H14N2O2. The lowest BCUT2D eigenvalue weighted by atomic mass is 10.1. The molecule has 0 saturated carbocycles. The standard InChI is InChI=1S/C17H14N2O2/c1-12-5-7-13(8-6-12)17-14(9-10-16(20)21)19-11-3-2-4-15(19)18-17/h2-11H,1H3,(H,20,21)/b10-9-. The summed E-state index contributed by atoms with van der Waals surface area (Å²) in [5, 5.41) is 8.87. The zero-order valence-electron chi connectivity index (χ0n) is 11.5. The number of carboxylic acid groups (broad SMARTS) is 1. The molecule has 1 N–H and O–H groups in total. The highest BCUT2D eigenvalue weighted by Gasteiger charge is 2.11. The van der Waals surface area contributed by atoms with Gasteiger partial charge < -0.3 is 5.11 Å². The van der Waals surface area contributed by atoms with E-state index in [4.69, 9.17) is 5.11 Å². The summed E-state index contributed by atoms with van der Waals surface area (Å²) >= 11 is 0. The number of imidazole rings is 1. The van der Waals surface area contributed by atoms with Crippen molar-refractivity contribution >= 4 is 17.7 Å². The summed E-state index contributed by atoms with van der Waals surface area (Å²) in [6, 6.07) is 13.7. The number of nitrogens with zero attached hydrogens (tertiary/aromatic N) is 2. The fraction of sp³-hybridized carbons (Fsp3) is 0.0588. The van der Waals surface area contributed by atoms with E-state index < -0.39 is 5.97 Å². The topological polar surface area (TPSA) is 54.6 Å². The van der Waals surface area contributed by atoms with Gasteiger partial charge in [0.15, 0.2) is 0 Å². The summed E-state index contributed by atoms with van der Waals surface area (Å²) in [5.74, 6) is -0.976. The lowest BCUT2D eigenvalue weighted by molar-refractivity contribution is -0.131. The van der Waals surface area contributed by atoms with Crippen molar-refractivity contribution in [3.05, 3.63) is 66.0 Å². The molecule has 21 heavy (non-hydrogen) atoms. The molecule has 2 heterocycles. The van der Waals surface area contributed by atoms with E-state index in [-0.39, 0.29) is 0 Å². The van der Waals surface area contributed by atoms with Gasteiger partial charge in [0.1, 0.15) is 5.65 Å².